The summed E-state index contributed by atoms with van der Waals surface area (Å²) >= 11 is 1.82. The van der Waals surface area contributed by atoms with Gasteiger partial charge in [-0.25, -0.2) is 4.98 Å². The summed E-state index contributed by atoms with van der Waals surface area (Å²) < 4.78 is 0. The molecule has 1 atom stereocenters. The van der Waals surface area contributed by atoms with Gasteiger partial charge >= 0.3 is 0 Å². The summed E-state index contributed by atoms with van der Waals surface area (Å²) in [4.78, 5) is 11.3. The highest BCUT2D eigenvalue weighted by atomic mass is 32.1. The molecule has 1 N–H and O–H groups in total. The molecule has 0 aliphatic carbocycles. The zero-order chi connectivity index (χ0) is 13.4. The Bertz CT molecular complexity index is 433. The van der Waals surface area contributed by atoms with E-state index >= 15 is 0 Å². The van der Waals surface area contributed by atoms with Gasteiger partial charge in [-0.15, -0.1) is 11.3 Å². The lowest BCUT2D eigenvalue weighted by Gasteiger charge is -2.49. The van der Waals surface area contributed by atoms with Crippen LogP contribution in [0.15, 0.2) is 0 Å². The van der Waals surface area contributed by atoms with E-state index in [-0.39, 0.29) is 0 Å². The van der Waals surface area contributed by atoms with Crippen molar-refractivity contribution in [2.45, 2.75) is 32.9 Å². The van der Waals surface area contributed by atoms with Crippen LogP contribution in [0.2, 0.25) is 0 Å². The summed E-state index contributed by atoms with van der Waals surface area (Å²) in [5, 5.41) is 4.62. The van der Waals surface area contributed by atoms with Crippen LogP contribution in [-0.4, -0.2) is 60.1 Å². The zero-order valence-corrected chi connectivity index (χ0v) is 13.0. The van der Waals surface area contributed by atoms with Crippen molar-refractivity contribution < 1.29 is 0 Å². The SMILES string of the molecule is Cc1nc(C(C)N2CC(N3CCNCC3)C2)c(C)s1. The Hall–Kier alpha value is -0.490. The van der Waals surface area contributed by atoms with Crippen molar-refractivity contribution in [1.82, 2.24) is 20.1 Å². The minimum atomic E-state index is 0.476. The Morgan fingerprint density at radius 1 is 1.26 bits per heavy atom. The van der Waals surface area contributed by atoms with Gasteiger partial charge in [0.2, 0.25) is 0 Å². The highest BCUT2D eigenvalue weighted by Gasteiger charge is 2.36. The Morgan fingerprint density at radius 3 is 2.53 bits per heavy atom. The highest BCUT2D eigenvalue weighted by Crippen LogP contribution is 2.31. The second-order valence-electron chi connectivity index (χ2n) is 5.74. The van der Waals surface area contributed by atoms with Crippen LogP contribution < -0.4 is 5.32 Å². The number of rotatable bonds is 3. The second-order valence-corrected chi connectivity index (χ2v) is 7.15. The Kier molecular flexibility index (Phi) is 3.89. The summed E-state index contributed by atoms with van der Waals surface area (Å²) in [6.45, 7) is 13.7. The van der Waals surface area contributed by atoms with Crippen molar-refractivity contribution in [1.29, 1.82) is 0 Å². The fourth-order valence-electron chi connectivity index (χ4n) is 3.19. The molecular formula is C14H24N4S. The third-order valence-corrected chi connectivity index (χ3v) is 5.34. The Labute approximate surface area is 119 Å². The van der Waals surface area contributed by atoms with Crippen molar-refractivity contribution >= 4 is 11.3 Å². The lowest BCUT2D eigenvalue weighted by atomic mass is 10.0. The number of aryl methyl sites for hydroxylation is 2. The fraction of sp³-hybridized carbons (Fsp3) is 0.786. The maximum atomic E-state index is 4.70. The number of aromatic nitrogens is 1. The van der Waals surface area contributed by atoms with E-state index < -0.39 is 0 Å². The first-order valence-corrected chi connectivity index (χ1v) is 8.09. The van der Waals surface area contributed by atoms with E-state index in [1.165, 1.54) is 41.8 Å². The third kappa shape index (κ3) is 2.70. The first kappa shape index (κ1) is 13.5. The number of hydrogen-bond donors (Lipinski definition) is 1. The van der Waals surface area contributed by atoms with Crippen LogP contribution in [0, 0.1) is 13.8 Å². The van der Waals surface area contributed by atoms with Gasteiger partial charge in [0.1, 0.15) is 0 Å². The third-order valence-electron chi connectivity index (χ3n) is 4.44. The standard InChI is InChI=1S/C14H24N4S/c1-10(14-11(2)19-12(3)16-14)18-8-13(9-18)17-6-4-15-5-7-17/h10,13,15H,4-9H2,1-3H3. The quantitative estimate of drug-likeness (QED) is 0.907. The number of nitrogens with one attached hydrogen (secondary N) is 1. The van der Waals surface area contributed by atoms with Crippen LogP contribution in [0.4, 0.5) is 0 Å². The Morgan fingerprint density at radius 2 is 1.95 bits per heavy atom. The van der Waals surface area contributed by atoms with E-state index in [2.05, 4.69) is 35.9 Å². The molecule has 2 aliphatic rings. The number of thiazole rings is 1. The highest BCUT2D eigenvalue weighted by molar-refractivity contribution is 7.11. The van der Waals surface area contributed by atoms with Crippen LogP contribution in [0.25, 0.3) is 0 Å². The molecule has 19 heavy (non-hydrogen) atoms. The summed E-state index contributed by atoms with van der Waals surface area (Å²) in [5.74, 6) is 0. The van der Waals surface area contributed by atoms with Crippen LogP contribution in [0.1, 0.15) is 28.5 Å². The summed E-state index contributed by atoms with van der Waals surface area (Å²) in [6.07, 6.45) is 0. The van der Waals surface area contributed by atoms with E-state index in [9.17, 15) is 0 Å². The predicted molar refractivity (Wildman–Crippen MR) is 79.8 cm³/mol. The van der Waals surface area contributed by atoms with Crippen LogP contribution in [0.5, 0.6) is 0 Å². The van der Waals surface area contributed by atoms with Crippen molar-refractivity contribution in [3.8, 4) is 0 Å². The van der Waals surface area contributed by atoms with E-state index in [0.29, 0.717) is 6.04 Å². The van der Waals surface area contributed by atoms with E-state index in [0.717, 1.165) is 19.1 Å². The first-order valence-electron chi connectivity index (χ1n) is 7.28. The maximum absolute atomic E-state index is 4.70. The average molecular weight is 280 g/mol. The molecule has 0 aromatic carbocycles. The van der Waals surface area contributed by atoms with Crippen molar-refractivity contribution in [3.05, 3.63) is 15.6 Å². The lowest BCUT2D eigenvalue weighted by molar-refractivity contribution is 0.00245. The molecule has 3 heterocycles. The van der Waals surface area contributed by atoms with Gasteiger partial charge in [0.05, 0.1) is 16.7 Å². The number of piperazine rings is 1. The molecule has 1 aromatic rings. The molecule has 1 aromatic heterocycles. The molecule has 3 rings (SSSR count). The molecule has 1 unspecified atom stereocenters. The topological polar surface area (TPSA) is 31.4 Å². The van der Waals surface area contributed by atoms with Crippen molar-refractivity contribution in [3.63, 3.8) is 0 Å². The van der Waals surface area contributed by atoms with Gasteiger partial charge in [0, 0.05) is 50.2 Å². The van der Waals surface area contributed by atoms with Gasteiger partial charge in [0.15, 0.2) is 0 Å². The van der Waals surface area contributed by atoms with Crippen molar-refractivity contribution in [2.75, 3.05) is 39.3 Å². The molecular weight excluding hydrogens is 256 g/mol. The summed E-state index contributed by atoms with van der Waals surface area (Å²) in [7, 11) is 0. The number of likely N-dealkylation sites (tertiary alicyclic amines) is 1. The van der Waals surface area contributed by atoms with E-state index in [1.54, 1.807) is 0 Å². The molecule has 0 spiro atoms. The minimum Gasteiger partial charge on any atom is -0.314 e. The second kappa shape index (κ2) is 5.48. The van der Waals surface area contributed by atoms with Crippen LogP contribution >= 0.6 is 11.3 Å². The van der Waals surface area contributed by atoms with Gasteiger partial charge in [-0.2, -0.15) is 0 Å². The molecule has 2 saturated heterocycles. The van der Waals surface area contributed by atoms with E-state index in [1.807, 2.05) is 11.3 Å². The van der Waals surface area contributed by atoms with Gasteiger partial charge < -0.3 is 5.32 Å². The van der Waals surface area contributed by atoms with Gasteiger partial charge in [-0.1, -0.05) is 0 Å². The summed E-state index contributed by atoms with van der Waals surface area (Å²) in [6, 6.07) is 1.24. The normalized spacial score (nSPS) is 24.4. The lowest BCUT2D eigenvalue weighted by Crippen LogP contribution is -2.62. The monoisotopic (exact) mass is 280 g/mol. The smallest absolute Gasteiger partial charge is 0.0900 e. The summed E-state index contributed by atoms with van der Waals surface area (Å²) in [5.41, 5.74) is 1.29. The fourth-order valence-corrected chi connectivity index (χ4v) is 4.10. The van der Waals surface area contributed by atoms with Crippen LogP contribution in [-0.2, 0) is 0 Å². The van der Waals surface area contributed by atoms with Gasteiger partial charge in [-0.3, -0.25) is 9.80 Å². The molecule has 5 heteroatoms. The van der Waals surface area contributed by atoms with Gasteiger partial charge in [-0.05, 0) is 20.8 Å². The molecule has 106 valence electrons. The molecule has 4 nitrogen and oxygen atoms in total. The van der Waals surface area contributed by atoms with Gasteiger partial charge in [0.25, 0.3) is 0 Å². The molecule has 0 amide bonds. The molecule has 0 radical (unpaired) electrons. The maximum Gasteiger partial charge on any atom is 0.0900 e. The minimum absolute atomic E-state index is 0.476. The zero-order valence-electron chi connectivity index (χ0n) is 12.1. The predicted octanol–water partition coefficient (Wildman–Crippen LogP) is 1.41. The van der Waals surface area contributed by atoms with Crippen molar-refractivity contribution in [2.24, 2.45) is 0 Å². The number of nitrogens with zero attached hydrogens (tertiary/aromatic N) is 3. The van der Waals surface area contributed by atoms with E-state index in [4.69, 9.17) is 4.98 Å². The average Bonchev–Trinajstić information content (AvgIpc) is 2.68. The molecule has 0 bridgehead atoms. The molecule has 0 saturated carbocycles. The van der Waals surface area contributed by atoms with Crippen LogP contribution in [0.3, 0.4) is 0 Å². The molecule has 2 fully saturated rings. The molecule has 2 aliphatic heterocycles. The largest absolute Gasteiger partial charge is 0.314 e. The Balaban J connectivity index is 1.56. The first-order chi connectivity index (χ1) is 9.15. The number of hydrogen-bond acceptors (Lipinski definition) is 5.